The van der Waals surface area contributed by atoms with Crippen LogP contribution < -0.4 is 13.8 Å². The second kappa shape index (κ2) is 14.2. The van der Waals surface area contributed by atoms with Crippen molar-refractivity contribution in [3.05, 3.63) is 64.0 Å². The summed E-state index contributed by atoms with van der Waals surface area (Å²) in [5.74, 6) is -0.184. The minimum atomic E-state index is -0.912. The number of carboxylic acid groups (broad SMARTS) is 1. The summed E-state index contributed by atoms with van der Waals surface area (Å²) in [5.41, 5.74) is 9.70. The molecule has 230 valence electrons. The summed E-state index contributed by atoms with van der Waals surface area (Å²) in [4.78, 5) is 12.0. The predicted octanol–water partition coefficient (Wildman–Crippen LogP) is 9.03. The number of rotatable bonds is 5. The number of terminal acetylenes is 1. The molecular formula is C36H44FNO4S. The summed E-state index contributed by atoms with van der Waals surface area (Å²) in [6, 6.07) is 9.60. The lowest BCUT2D eigenvalue weighted by molar-refractivity contribution is -0.136. The molecule has 7 heteroatoms. The molecule has 0 saturated carbocycles. The number of methoxy groups -OCH3 is 1. The van der Waals surface area contributed by atoms with Gasteiger partial charge < -0.3 is 18.9 Å². The van der Waals surface area contributed by atoms with Gasteiger partial charge in [-0.2, -0.15) is 0 Å². The molecule has 0 radical (unpaired) electrons. The topological polar surface area (TPSA) is 59.0 Å². The monoisotopic (exact) mass is 605 g/mol. The molecule has 0 aliphatic carbocycles. The van der Waals surface area contributed by atoms with E-state index in [-0.39, 0.29) is 6.42 Å². The van der Waals surface area contributed by atoms with E-state index >= 15 is 4.39 Å². The van der Waals surface area contributed by atoms with Crippen molar-refractivity contribution in [2.45, 2.75) is 73.8 Å². The quantitative estimate of drug-likeness (QED) is 0.231. The van der Waals surface area contributed by atoms with Gasteiger partial charge in [-0.1, -0.05) is 52.1 Å². The fourth-order valence-corrected chi connectivity index (χ4v) is 6.10. The first-order chi connectivity index (χ1) is 20.4. The van der Waals surface area contributed by atoms with E-state index < -0.39 is 11.8 Å². The maximum atomic E-state index is 15.2. The van der Waals surface area contributed by atoms with Gasteiger partial charge in [0.2, 0.25) is 0 Å². The molecule has 0 atom stereocenters. The average Bonchev–Trinajstić information content (AvgIpc) is 3.00. The Balaban J connectivity index is 0.000000566. The van der Waals surface area contributed by atoms with Crippen LogP contribution in [0.5, 0.6) is 11.5 Å². The highest BCUT2D eigenvalue weighted by molar-refractivity contribution is 7.99. The fraction of sp³-hybridized carbons (Fsp3) is 0.417. The van der Waals surface area contributed by atoms with Crippen molar-refractivity contribution < 1.29 is 23.8 Å². The van der Waals surface area contributed by atoms with Gasteiger partial charge in [0.25, 0.3) is 0 Å². The molecule has 0 fully saturated rings. The third kappa shape index (κ3) is 7.30. The van der Waals surface area contributed by atoms with Crippen LogP contribution in [0.3, 0.4) is 0 Å². The van der Waals surface area contributed by atoms with Gasteiger partial charge in [0, 0.05) is 17.4 Å². The van der Waals surface area contributed by atoms with Crippen LogP contribution in [-0.2, 0) is 24.2 Å². The number of benzene rings is 3. The molecule has 0 aromatic heterocycles. The molecule has 43 heavy (non-hydrogen) atoms. The summed E-state index contributed by atoms with van der Waals surface area (Å²) < 4.78 is 28.5. The fourth-order valence-electron chi connectivity index (χ4n) is 5.41. The molecule has 3 aromatic carbocycles. The van der Waals surface area contributed by atoms with Crippen LogP contribution >= 0.6 is 11.9 Å². The minimum Gasteiger partial charge on any atom is -0.497 e. The molecule has 3 aromatic rings. The van der Waals surface area contributed by atoms with Gasteiger partial charge in [0.1, 0.15) is 5.75 Å². The summed E-state index contributed by atoms with van der Waals surface area (Å²) in [6.07, 6.45) is 12.7. The number of nitrogens with zero attached hydrogens (tertiary/aromatic N) is 1. The first kappa shape index (κ1) is 33.9. The molecule has 0 saturated heterocycles. The molecule has 5 rings (SSSR count). The molecule has 0 amide bonds. The normalized spacial score (nSPS) is 13.1. The van der Waals surface area contributed by atoms with Gasteiger partial charge in [-0.15, -0.1) is 12.8 Å². The maximum absolute atomic E-state index is 15.2. The average molecular weight is 606 g/mol. The Morgan fingerprint density at radius 1 is 1.09 bits per heavy atom. The summed E-state index contributed by atoms with van der Waals surface area (Å²) in [6.45, 7) is 14.1. The third-order valence-corrected chi connectivity index (χ3v) is 8.93. The lowest BCUT2D eigenvalue weighted by Gasteiger charge is -2.34. The number of fused-ring (bicyclic) bond motifs is 4. The number of hydrogen-bond donors (Lipinski definition) is 1. The first-order valence-electron chi connectivity index (χ1n) is 14.6. The second-order valence-electron chi connectivity index (χ2n) is 11.9. The van der Waals surface area contributed by atoms with Gasteiger partial charge in [-0.3, -0.25) is 4.79 Å². The van der Waals surface area contributed by atoms with Crippen molar-refractivity contribution in [3.63, 3.8) is 0 Å². The van der Waals surface area contributed by atoms with Gasteiger partial charge in [-0.25, -0.2) is 4.39 Å². The summed E-state index contributed by atoms with van der Waals surface area (Å²) >= 11 is 1.60. The zero-order valence-electron chi connectivity index (χ0n) is 26.7. The zero-order valence-corrected chi connectivity index (χ0v) is 27.5. The van der Waals surface area contributed by atoms with Crippen molar-refractivity contribution in [1.82, 2.24) is 0 Å². The van der Waals surface area contributed by atoms with E-state index in [1.807, 2.05) is 38.3 Å². The summed E-state index contributed by atoms with van der Waals surface area (Å²) in [7, 11) is 1.66. The smallest absolute Gasteiger partial charge is 0.307 e. The Bertz CT molecular complexity index is 1510. The van der Waals surface area contributed by atoms with E-state index in [1.165, 1.54) is 12.5 Å². The van der Waals surface area contributed by atoms with E-state index in [9.17, 15) is 9.90 Å². The van der Waals surface area contributed by atoms with E-state index in [0.717, 1.165) is 68.8 Å². The minimum absolute atomic E-state index is 0.138. The third-order valence-electron chi connectivity index (χ3n) is 8.18. The lowest BCUT2D eigenvalue weighted by Crippen LogP contribution is -2.21. The Kier molecular flexibility index (Phi) is 11.2. The number of carboxylic acids is 1. The molecule has 5 nitrogen and oxygen atoms in total. The highest BCUT2D eigenvalue weighted by Gasteiger charge is 2.30. The number of carbonyl (C=O) groups is 1. The van der Waals surface area contributed by atoms with E-state index in [2.05, 4.69) is 50.9 Å². The summed E-state index contributed by atoms with van der Waals surface area (Å²) in [5, 5.41) is 9.79. The highest BCUT2D eigenvalue weighted by Crippen LogP contribution is 2.49. The SMILES string of the molecule is C#C.CCC(C)(C)C.COc1ccc2c(c1)CN(SC)c1c-2cc(-c2cc(F)c3c(c2C)CCCO3)c(CC(=O)O)c1C. The van der Waals surface area contributed by atoms with Crippen molar-refractivity contribution in [3.8, 4) is 46.6 Å². The van der Waals surface area contributed by atoms with E-state index in [0.29, 0.717) is 29.9 Å². The van der Waals surface area contributed by atoms with Gasteiger partial charge in [0.05, 0.1) is 32.4 Å². The molecule has 2 heterocycles. The number of halogens is 1. The predicted molar refractivity (Wildman–Crippen MR) is 178 cm³/mol. The Hall–Kier alpha value is -3.63. The molecule has 0 bridgehead atoms. The van der Waals surface area contributed by atoms with Crippen molar-refractivity contribution >= 4 is 23.6 Å². The van der Waals surface area contributed by atoms with Crippen LogP contribution in [-0.4, -0.2) is 31.0 Å². The van der Waals surface area contributed by atoms with Crippen LogP contribution in [0.4, 0.5) is 10.1 Å². The van der Waals surface area contributed by atoms with Crippen LogP contribution in [0.15, 0.2) is 30.3 Å². The first-order valence-corrected chi connectivity index (χ1v) is 15.7. The Morgan fingerprint density at radius 2 is 1.77 bits per heavy atom. The number of hydrogen-bond acceptors (Lipinski definition) is 5. The van der Waals surface area contributed by atoms with Gasteiger partial charge >= 0.3 is 5.97 Å². The van der Waals surface area contributed by atoms with Gasteiger partial charge in [-0.05, 0) is 95.3 Å². The van der Waals surface area contributed by atoms with Crippen LogP contribution in [0.2, 0.25) is 0 Å². The maximum Gasteiger partial charge on any atom is 0.307 e. The molecule has 2 aliphatic rings. The second-order valence-corrected chi connectivity index (χ2v) is 12.7. The number of ether oxygens (including phenoxy) is 2. The largest absolute Gasteiger partial charge is 0.497 e. The van der Waals surface area contributed by atoms with E-state index in [1.54, 1.807) is 19.1 Å². The number of aliphatic carboxylic acids is 1. The van der Waals surface area contributed by atoms with Crippen molar-refractivity contribution in [2.75, 3.05) is 24.3 Å². The molecular weight excluding hydrogens is 561 g/mol. The Morgan fingerprint density at radius 3 is 2.35 bits per heavy atom. The van der Waals surface area contributed by atoms with Crippen LogP contribution in [0.25, 0.3) is 22.3 Å². The molecule has 2 aliphatic heterocycles. The zero-order chi connectivity index (χ0) is 32.1. The molecule has 0 unspecified atom stereocenters. The van der Waals surface area contributed by atoms with Crippen LogP contribution in [0, 0.1) is 37.9 Å². The molecule has 0 spiro atoms. The standard InChI is InChI=1S/C28H28FNO4S.C6H14.C2H2/c1-15-19-6-5-9-34-28(19)25(29)12-21(15)23-11-24-20-8-7-18(33-3)10-17(20)14-30(35-4)27(24)16(2)22(23)13-26(31)32;1-5-6(2,3)4;1-2/h7-8,10-12H,5-6,9,13-14H2,1-4H3,(H,31,32);5H2,1-4H3;1-2H. The van der Waals surface area contributed by atoms with Crippen LogP contribution in [0.1, 0.15) is 68.4 Å². The Labute approximate surface area is 260 Å². The van der Waals surface area contributed by atoms with Crippen molar-refractivity contribution in [1.29, 1.82) is 0 Å². The highest BCUT2D eigenvalue weighted by atomic mass is 32.2. The number of anilines is 1. The van der Waals surface area contributed by atoms with Gasteiger partial charge in [0.15, 0.2) is 11.6 Å². The lowest BCUT2D eigenvalue weighted by atomic mass is 9.82. The molecule has 1 N–H and O–H groups in total. The van der Waals surface area contributed by atoms with E-state index in [4.69, 9.17) is 9.47 Å². The van der Waals surface area contributed by atoms with Crippen molar-refractivity contribution in [2.24, 2.45) is 5.41 Å².